The summed E-state index contributed by atoms with van der Waals surface area (Å²) in [5, 5.41) is 11.0. The highest BCUT2D eigenvalue weighted by Gasteiger charge is 2.21. The molecule has 24 heavy (non-hydrogen) atoms. The van der Waals surface area contributed by atoms with Gasteiger partial charge in [-0.25, -0.2) is 4.98 Å². The van der Waals surface area contributed by atoms with E-state index in [1.165, 1.54) is 4.88 Å². The molecule has 0 spiro atoms. The number of hydrogen-bond acceptors (Lipinski definition) is 7. The van der Waals surface area contributed by atoms with E-state index in [2.05, 4.69) is 25.8 Å². The summed E-state index contributed by atoms with van der Waals surface area (Å²) < 4.78 is 5.44. The molecule has 0 saturated carbocycles. The van der Waals surface area contributed by atoms with Crippen LogP contribution in [0.1, 0.15) is 17.7 Å². The first-order valence-corrected chi connectivity index (χ1v) is 9.57. The van der Waals surface area contributed by atoms with Gasteiger partial charge in [0.25, 0.3) is 0 Å². The zero-order chi connectivity index (χ0) is 16.5. The van der Waals surface area contributed by atoms with Crippen molar-refractivity contribution < 1.29 is 9.84 Å². The van der Waals surface area contributed by atoms with Gasteiger partial charge in [0.15, 0.2) is 0 Å². The average molecular weight is 369 g/mol. The third-order valence-corrected chi connectivity index (χ3v) is 5.83. The fraction of sp³-hybridized carbons (Fsp3) is 0.625. The lowest BCUT2D eigenvalue weighted by Gasteiger charge is -2.29. The van der Waals surface area contributed by atoms with Gasteiger partial charge in [0.05, 0.1) is 24.7 Å². The number of likely N-dealkylation sites (tertiary alicyclic amines) is 1. The number of fused-ring (bicyclic) bond motifs is 1. The number of anilines is 1. The summed E-state index contributed by atoms with van der Waals surface area (Å²) in [6.07, 6.45) is 1.58. The van der Waals surface area contributed by atoms with E-state index in [1.807, 2.05) is 0 Å². The van der Waals surface area contributed by atoms with Crippen LogP contribution in [-0.2, 0) is 11.3 Å². The Kier molecular flexibility index (Phi) is 4.87. The predicted molar refractivity (Wildman–Crippen MR) is 96.0 cm³/mol. The van der Waals surface area contributed by atoms with Crippen LogP contribution in [0.25, 0.3) is 10.2 Å². The first-order valence-electron chi connectivity index (χ1n) is 8.38. The Balaban J connectivity index is 1.59. The highest BCUT2D eigenvalue weighted by molar-refractivity contribution is 7.18. The molecule has 0 amide bonds. The normalized spacial score (nSPS) is 20.8. The van der Waals surface area contributed by atoms with E-state index < -0.39 is 0 Å². The Morgan fingerprint density at radius 3 is 2.71 bits per heavy atom. The van der Waals surface area contributed by atoms with Gasteiger partial charge in [-0.15, -0.1) is 11.3 Å². The fourth-order valence-corrected chi connectivity index (χ4v) is 4.60. The van der Waals surface area contributed by atoms with Crippen molar-refractivity contribution in [3.05, 3.63) is 16.2 Å². The standard InChI is InChI=1S/C16H21ClN4O2S/c17-16-18-14(21-5-7-23-8-6-21)13-9-12(24-15(13)19-16)10-20-3-1-11(22)2-4-20/h9,11,22H,1-8,10H2. The zero-order valence-electron chi connectivity index (χ0n) is 13.4. The van der Waals surface area contributed by atoms with Gasteiger partial charge in [-0.2, -0.15) is 4.98 Å². The van der Waals surface area contributed by atoms with Crippen LogP contribution >= 0.6 is 22.9 Å². The summed E-state index contributed by atoms with van der Waals surface area (Å²) >= 11 is 7.83. The van der Waals surface area contributed by atoms with Crippen molar-refractivity contribution >= 4 is 39.0 Å². The van der Waals surface area contributed by atoms with E-state index in [0.717, 1.165) is 74.8 Å². The van der Waals surface area contributed by atoms with E-state index in [0.29, 0.717) is 5.28 Å². The fourth-order valence-electron chi connectivity index (χ4n) is 3.32. The van der Waals surface area contributed by atoms with Gasteiger partial charge in [0.2, 0.25) is 5.28 Å². The van der Waals surface area contributed by atoms with E-state index in [-0.39, 0.29) is 6.10 Å². The van der Waals surface area contributed by atoms with Crippen molar-refractivity contribution in [3.8, 4) is 0 Å². The summed E-state index contributed by atoms with van der Waals surface area (Å²) in [7, 11) is 0. The van der Waals surface area contributed by atoms with E-state index >= 15 is 0 Å². The Labute approximate surface area is 150 Å². The highest BCUT2D eigenvalue weighted by atomic mass is 35.5. The maximum atomic E-state index is 9.65. The second kappa shape index (κ2) is 7.09. The highest BCUT2D eigenvalue weighted by Crippen LogP contribution is 2.33. The lowest BCUT2D eigenvalue weighted by Crippen LogP contribution is -2.36. The molecule has 2 fully saturated rings. The molecular weight excluding hydrogens is 348 g/mol. The average Bonchev–Trinajstić information content (AvgIpc) is 2.99. The van der Waals surface area contributed by atoms with Crippen LogP contribution in [0.15, 0.2) is 6.07 Å². The molecule has 0 bridgehead atoms. The van der Waals surface area contributed by atoms with E-state index in [1.54, 1.807) is 11.3 Å². The number of rotatable bonds is 3. The third-order valence-electron chi connectivity index (χ3n) is 4.64. The topological polar surface area (TPSA) is 61.7 Å². The molecule has 8 heteroatoms. The van der Waals surface area contributed by atoms with Gasteiger partial charge in [0.1, 0.15) is 10.6 Å². The Morgan fingerprint density at radius 2 is 1.96 bits per heavy atom. The summed E-state index contributed by atoms with van der Waals surface area (Å²) in [5.74, 6) is 0.921. The number of nitrogens with zero attached hydrogens (tertiary/aromatic N) is 4. The molecule has 2 aromatic rings. The molecule has 4 rings (SSSR count). The summed E-state index contributed by atoms with van der Waals surface area (Å²) in [6, 6.07) is 2.20. The minimum absolute atomic E-state index is 0.138. The van der Waals surface area contributed by atoms with Crippen molar-refractivity contribution in [2.45, 2.75) is 25.5 Å². The van der Waals surface area contributed by atoms with Crippen molar-refractivity contribution in [1.82, 2.24) is 14.9 Å². The lowest BCUT2D eigenvalue weighted by atomic mass is 10.1. The molecule has 0 radical (unpaired) electrons. The maximum absolute atomic E-state index is 9.65. The predicted octanol–water partition coefficient (Wildman–Crippen LogP) is 2.14. The molecule has 130 valence electrons. The molecule has 1 N–H and O–H groups in total. The van der Waals surface area contributed by atoms with Crippen molar-refractivity contribution in [3.63, 3.8) is 0 Å². The molecule has 2 aliphatic rings. The van der Waals surface area contributed by atoms with Gasteiger partial charge in [-0.3, -0.25) is 4.90 Å². The maximum Gasteiger partial charge on any atom is 0.225 e. The molecule has 4 heterocycles. The Morgan fingerprint density at radius 1 is 1.21 bits per heavy atom. The molecule has 6 nitrogen and oxygen atoms in total. The minimum atomic E-state index is -0.138. The van der Waals surface area contributed by atoms with Gasteiger partial charge < -0.3 is 14.7 Å². The molecule has 0 unspecified atom stereocenters. The van der Waals surface area contributed by atoms with Crippen LogP contribution in [0.2, 0.25) is 5.28 Å². The second-order valence-corrected chi connectivity index (χ2v) is 7.81. The van der Waals surface area contributed by atoms with E-state index in [4.69, 9.17) is 16.3 Å². The van der Waals surface area contributed by atoms with Gasteiger partial charge in [-0.1, -0.05) is 0 Å². The molecular formula is C16H21ClN4O2S. The second-order valence-electron chi connectivity index (χ2n) is 6.35. The summed E-state index contributed by atoms with van der Waals surface area (Å²) in [4.78, 5) is 15.7. The van der Waals surface area contributed by atoms with Crippen LogP contribution in [0, 0.1) is 0 Å². The quantitative estimate of drug-likeness (QED) is 0.837. The van der Waals surface area contributed by atoms with Crippen molar-refractivity contribution in [2.24, 2.45) is 0 Å². The van der Waals surface area contributed by atoms with Crippen LogP contribution in [0.5, 0.6) is 0 Å². The zero-order valence-corrected chi connectivity index (χ0v) is 15.0. The molecule has 0 aromatic carbocycles. The molecule has 2 aromatic heterocycles. The summed E-state index contributed by atoms with van der Waals surface area (Å²) in [5.41, 5.74) is 0. The number of morpholine rings is 1. The molecule has 0 atom stereocenters. The van der Waals surface area contributed by atoms with Gasteiger partial charge in [-0.05, 0) is 30.5 Å². The van der Waals surface area contributed by atoms with Crippen LogP contribution in [-0.4, -0.2) is 65.5 Å². The first kappa shape index (κ1) is 16.5. The number of thiophene rings is 1. The smallest absolute Gasteiger partial charge is 0.225 e. The molecule has 2 saturated heterocycles. The van der Waals surface area contributed by atoms with Crippen LogP contribution in [0.4, 0.5) is 5.82 Å². The number of halogens is 1. The molecule has 2 aliphatic heterocycles. The third kappa shape index (κ3) is 3.50. The summed E-state index contributed by atoms with van der Waals surface area (Å²) in [6.45, 7) is 5.88. The Hall–Kier alpha value is -0.990. The Bertz CT molecular complexity index is 711. The number of aromatic nitrogens is 2. The van der Waals surface area contributed by atoms with Crippen LogP contribution < -0.4 is 4.90 Å². The van der Waals surface area contributed by atoms with E-state index in [9.17, 15) is 5.11 Å². The molecule has 0 aliphatic carbocycles. The van der Waals surface area contributed by atoms with Gasteiger partial charge in [0, 0.05) is 37.6 Å². The number of aliphatic hydroxyl groups excluding tert-OH is 1. The number of ether oxygens (including phenoxy) is 1. The first-order chi connectivity index (χ1) is 11.7. The number of piperidine rings is 1. The lowest BCUT2D eigenvalue weighted by molar-refractivity contribution is 0.0797. The largest absolute Gasteiger partial charge is 0.393 e. The number of aliphatic hydroxyl groups is 1. The van der Waals surface area contributed by atoms with Crippen molar-refractivity contribution in [1.29, 1.82) is 0 Å². The van der Waals surface area contributed by atoms with Crippen LogP contribution in [0.3, 0.4) is 0 Å². The number of hydrogen-bond donors (Lipinski definition) is 1. The van der Waals surface area contributed by atoms with Gasteiger partial charge >= 0.3 is 0 Å². The SMILES string of the molecule is OC1CCN(Cc2cc3c(N4CCOCC4)nc(Cl)nc3s2)CC1. The monoisotopic (exact) mass is 368 g/mol. The minimum Gasteiger partial charge on any atom is -0.393 e. The van der Waals surface area contributed by atoms with Crippen molar-refractivity contribution in [2.75, 3.05) is 44.3 Å².